The summed E-state index contributed by atoms with van der Waals surface area (Å²) in [6, 6.07) is -1.25. The fraction of sp³-hybridized carbons (Fsp3) is 0.778. The highest BCUT2D eigenvalue weighted by Crippen LogP contribution is 2.20. The Labute approximate surface area is 155 Å². The number of esters is 1. The molecule has 0 aromatic heterocycles. The minimum atomic E-state index is -1.25. The van der Waals surface area contributed by atoms with Crippen molar-refractivity contribution >= 4 is 23.9 Å². The molecule has 0 radical (unpaired) electrons. The zero-order valence-electron chi connectivity index (χ0n) is 17.0. The third kappa shape index (κ3) is 9.39. The molecule has 0 aliphatic heterocycles. The number of rotatable bonds is 6. The molecular weight excluding hydrogens is 342 g/mol. The van der Waals surface area contributed by atoms with E-state index in [9.17, 15) is 19.2 Å². The second-order valence-electron chi connectivity index (χ2n) is 7.96. The van der Waals surface area contributed by atoms with Crippen molar-refractivity contribution in [3.63, 3.8) is 0 Å². The second kappa shape index (κ2) is 9.54. The van der Waals surface area contributed by atoms with Gasteiger partial charge >= 0.3 is 18.2 Å². The minimum Gasteiger partial charge on any atom is -0.467 e. The van der Waals surface area contributed by atoms with E-state index in [4.69, 9.17) is 14.2 Å². The average Bonchev–Trinajstić information content (AvgIpc) is 2.40. The Morgan fingerprint density at radius 1 is 0.885 bits per heavy atom. The molecule has 0 aromatic carbocycles. The van der Waals surface area contributed by atoms with E-state index in [1.54, 1.807) is 41.5 Å². The van der Waals surface area contributed by atoms with Gasteiger partial charge in [0.25, 0.3) is 0 Å². The summed E-state index contributed by atoms with van der Waals surface area (Å²) in [7, 11) is 1.16. The Balaban J connectivity index is 5.69. The van der Waals surface area contributed by atoms with Crippen LogP contribution in [0.25, 0.3) is 0 Å². The first-order valence-corrected chi connectivity index (χ1v) is 8.50. The van der Waals surface area contributed by atoms with Crippen LogP contribution in [0.4, 0.5) is 9.59 Å². The Morgan fingerprint density at radius 3 is 1.62 bits per heavy atom. The molecule has 2 amide bonds. The zero-order valence-corrected chi connectivity index (χ0v) is 17.0. The second-order valence-corrected chi connectivity index (χ2v) is 7.96. The molecule has 150 valence electrons. The molecule has 0 heterocycles. The van der Waals surface area contributed by atoms with Crippen molar-refractivity contribution < 1.29 is 33.4 Å². The predicted octanol–water partition coefficient (Wildman–Crippen LogP) is 3.46. The normalized spacial score (nSPS) is 12.8. The van der Waals surface area contributed by atoms with Gasteiger partial charge in [-0.2, -0.15) is 4.90 Å². The quantitative estimate of drug-likeness (QED) is 0.519. The smallest absolute Gasteiger partial charge is 0.420 e. The van der Waals surface area contributed by atoms with E-state index in [0.717, 1.165) is 7.11 Å². The molecule has 8 nitrogen and oxygen atoms in total. The molecule has 0 N–H and O–H groups in total. The van der Waals surface area contributed by atoms with Gasteiger partial charge in [0.05, 0.1) is 7.11 Å². The molecule has 0 aliphatic carbocycles. The lowest BCUT2D eigenvalue weighted by Crippen LogP contribution is -2.52. The Hall–Kier alpha value is -2.12. The summed E-state index contributed by atoms with van der Waals surface area (Å²) in [5.41, 5.74) is -1.76. The minimum absolute atomic E-state index is 0.0603. The van der Waals surface area contributed by atoms with Gasteiger partial charge in [-0.15, -0.1) is 0 Å². The number of hydrogen-bond donors (Lipinski definition) is 0. The maximum absolute atomic E-state index is 12.6. The van der Waals surface area contributed by atoms with Crippen molar-refractivity contribution in [2.75, 3.05) is 7.11 Å². The highest BCUT2D eigenvalue weighted by atomic mass is 16.6. The van der Waals surface area contributed by atoms with Gasteiger partial charge in [0.2, 0.25) is 0 Å². The first kappa shape index (κ1) is 23.9. The molecule has 0 spiro atoms. The molecule has 0 saturated heterocycles. The number of methoxy groups -OCH3 is 1. The monoisotopic (exact) mass is 373 g/mol. The van der Waals surface area contributed by atoms with Crippen LogP contribution in [0.5, 0.6) is 0 Å². The number of imide groups is 1. The summed E-state index contributed by atoms with van der Waals surface area (Å²) in [6.45, 7) is 11.3. The van der Waals surface area contributed by atoms with Gasteiger partial charge in [-0.1, -0.05) is 0 Å². The van der Waals surface area contributed by atoms with Gasteiger partial charge in [0.1, 0.15) is 23.0 Å². The summed E-state index contributed by atoms with van der Waals surface area (Å²) < 4.78 is 15.2. The first-order chi connectivity index (χ1) is 11.7. The number of ether oxygens (including phenoxy) is 3. The predicted molar refractivity (Wildman–Crippen MR) is 94.6 cm³/mol. The van der Waals surface area contributed by atoms with E-state index in [2.05, 4.69) is 0 Å². The standard InChI is InChI=1S/C18H31NO7/c1-12(20)10-9-11-13(14(21)24-8)19(15(22)25-17(2,3)4)16(23)26-18(5,6)7/h13H,9-11H2,1-8H3/t13-/m0/s1. The van der Waals surface area contributed by atoms with Gasteiger partial charge < -0.3 is 19.0 Å². The molecule has 0 fully saturated rings. The average molecular weight is 373 g/mol. The van der Waals surface area contributed by atoms with E-state index in [0.29, 0.717) is 11.3 Å². The number of nitrogens with zero attached hydrogens (tertiary/aromatic N) is 1. The highest BCUT2D eigenvalue weighted by molar-refractivity contribution is 5.94. The first-order valence-electron chi connectivity index (χ1n) is 8.50. The van der Waals surface area contributed by atoms with Gasteiger partial charge in [-0.3, -0.25) is 0 Å². The highest BCUT2D eigenvalue weighted by Gasteiger charge is 2.40. The van der Waals surface area contributed by atoms with Crippen LogP contribution in [-0.4, -0.2) is 53.2 Å². The van der Waals surface area contributed by atoms with Gasteiger partial charge in [-0.25, -0.2) is 14.4 Å². The molecule has 0 aromatic rings. The fourth-order valence-corrected chi connectivity index (χ4v) is 1.98. The van der Waals surface area contributed by atoms with Crippen LogP contribution in [0, 0.1) is 0 Å². The molecule has 0 aliphatic rings. The van der Waals surface area contributed by atoms with Crippen molar-refractivity contribution in [2.45, 2.75) is 85.0 Å². The topological polar surface area (TPSA) is 99.2 Å². The molecule has 26 heavy (non-hydrogen) atoms. The van der Waals surface area contributed by atoms with E-state index in [1.165, 1.54) is 6.92 Å². The van der Waals surface area contributed by atoms with E-state index >= 15 is 0 Å². The SMILES string of the molecule is COC(=O)[C@H](CCCC(C)=O)N(C(=O)OC(C)(C)C)C(=O)OC(C)(C)C. The molecular formula is C18H31NO7. The van der Waals surface area contributed by atoms with Crippen LogP contribution < -0.4 is 0 Å². The lowest BCUT2D eigenvalue weighted by atomic mass is 10.1. The van der Waals surface area contributed by atoms with Crippen molar-refractivity contribution in [3.05, 3.63) is 0 Å². The van der Waals surface area contributed by atoms with E-state index < -0.39 is 35.4 Å². The summed E-state index contributed by atoms with van der Waals surface area (Å²) in [6.07, 6.45) is -1.44. The lowest BCUT2D eigenvalue weighted by Gasteiger charge is -2.32. The van der Waals surface area contributed by atoms with Crippen LogP contribution in [0.15, 0.2) is 0 Å². The Kier molecular flexibility index (Phi) is 8.76. The van der Waals surface area contributed by atoms with Crippen molar-refractivity contribution in [1.82, 2.24) is 4.90 Å². The molecule has 0 bridgehead atoms. The number of ketones is 1. The molecule has 0 rings (SSSR count). The maximum atomic E-state index is 12.6. The number of carbonyl (C=O) groups excluding carboxylic acids is 4. The lowest BCUT2D eigenvalue weighted by molar-refractivity contribution is -0.147. The fourth-order valence-electron chi connectivity index (χ4n) is 1.98. The number of Topliss-reactive ketones (excluding diaryl/α,β-unsaturated/α-hetero) is 1. The molecule has 0 saturated carbocycles. The Morgan fingerprint density at radius 2 is 1.31 bits per heavy atom. The summed E-state index contributed by atoms with van der Waals surface area (Å²) in [4.78, 5) is 49.1. The molecule has 0 unspecified atom stereocenters. The summed E-state index contributed by atoms with van der Waals surface area (Å²) in [5.74, 6) is -0.847. The maximum Gasteiger partial charge on any atom is 0.420 e. The van der Waals surface area contributed by atoms with Crippen LogP contribution in [-0.2, 0) is 23.8 Å². The largest absolute Gasteiger partial charge is 0.467 e. The third-order valence-electron chi connectivity index (χ3n) is 2.97. The zero-order chi connectivity index (χ0) is 20.7. The van der Waals surface area contributed by atoms with Crippen LogP contribution in [0.3, 0.4) is 0 Å². The third-order valence-corrected chi connectivity index (χ3v) is 2.97. The number of carbonyl (C=O) groups is 4. The van der Waals surface area contributed by atoms with Crippen LogP contribution in [0.1, 0.15) is 67.7 Å². The van der Waals surface area contributed by atoms with Crippen LogP contribution >= 0.6 is 0 Å². The van der Waals surface area contributed by atoms with Gasteiger partial charge in [0, 0.05) is 6.42 Å². The van der Waals surface area contributed by atoms with Crippen molar-refractivity contribution in [1.29, 1.82) is 0 Å². The van der Waals surface area contributed by atoms with E-state index in [-0.39, 0.29) is 18.6 Å². The van der Waals surface area contributed by atoms with Crippen molar-refractivity contribution in [3.8, 4) is 0 Å². The number of hydrogen-bond acceptors (Lipinski definition) is 7. The summed E-state index contributed by atoms with van der Waals surface area (Å²) in [5, 5.41) is 0. The molecule has 1 atom stereocenters. The van der Waals surface area contributed by atoms with Crippen LogP contribution in [0.2, 0.25) is 0 Å². The molecule has 8 heteroatoms. The van der Waals surface area contributed by atoms with Gasteiger partial charge in [0.15, 0.2) is 0 Å². The van der Waals surface area contributed by atoms with Crippen molar-refractivity contribution in [2.24, 2.45) is 0 Å². The summed E-state index contributed by atoms with van der Waals surface area (Å²) >= 11 is 0. The van der Waals surface area contributed by atoms with Gasteiger partial charge in [-0.05, 0) is 61.3 Å². The Bertz CT molecular complexity index is 501. The number of amides is 2. The van der Waals surface area contributed by atoms with E-state index in [1.807, 2.05) is 0 Å².